The lowest BCUT2D eigenvalue weighted by molar-refractivity contribution is 0.0978. The molecule has 0 bridgehead atoms. The van der Waals surface area contributed by atoms with Gasteiger partial charge in [-0.25, -0.2) is 4.98 Å². The minimum atomic E-state index is 0.0966. The van der Waals surface area contributed by atoms with Crippen molar-refractivity contribution in [2.24, 2.45) is 0 Å². The Bertz CT molecular complexity index is 761. The minimum absolute atomic E-state index is 0.0966. The molecule has 0 unspecified atom stereocenters. The van der Waals surface area contributed by atoms with E-state index in [9.17, 15) is 4.79 Å². The molecule has 0 aliphatic heterocycles. The SMILES string of the molecule is Cc1ccc(CCC(=O)c2cnc[nH]2)cc1-c1ccccc1. The second-order valence-electron chi connectivity index (χ2n) is 5.40. The fourth-order valence-corrected chi connectivity index (χ4v) is 2.55. The summed E-state index contributed by atoms with van der Waals surface area (Å²) in [5.74, 6) is 0.0966. The van der Waals surface area contributed by atoms with E-state index in [2.05, 4.69) is 47.2 Å². The van der Waals surface area contributed by atoms with Crippen LogP contribution in [0.3, 0.4) is 0 Å². The van der Waals surface area contributed by atoms with Crippen molar-refractivity contribution in [1.29, 1.82) is 0 Å². The van der Waals surface area contributed by atoms with Crippen molar-refractivity contribution < 1.29 is 4.79 Å². The van der Waals surface area contributed by atoms with Gasteiger partial charge in [0.05, 0.1) is 12.5 Å². The maximum absolute atomic E-state index is 12.0. The lowest BCUT2D eigenvalue weighted by atomic mass is 9.96. The summed E-state index contributed by atoms with van der Waals surface area (Å²) in [7, 11) is 0. The monoisotopic (exact) mass is 290 g/mol. The number of aryl methyl sites for hydroxylation is 2. The van der Waals surface area contributed by atoms with Crippen LogP contribution in [0, 0.1) is 6.92 Å². The number of nitrogens with one attached hydrogen (secondary N) is 1. The van der Waals surface area contributed by atoms with Gasteiger partial charge in [0.2, 0.25) is 0 Å². The minimum Gasteiger partial charge on any atom is -0.342 e. The molecule has 3 aromatic rings. The number of carbonyl (C=O) groups excluding carboxylic acids is 1. The summed E-state index contributed by atoms with van der Waals surface area (Å²) in [6, 6.07) is 16.7. The highest BCUT2D eigenvalue weighted by molar-refractivity contribution is 5.94. The Hall–Kier alpha value is -2.68. The quantitative estimate of drug-likeness (QED) is 0.716. The number of hydrogen-bond acceptors (Lipinski definition) is 2. The molecule has 0 atom stereocenters. The maximum atomic E-state index is 12.0. The number of carbonyl (C=O) groups is 1. The van der Waals surface area contributed by atoms with Crippen LogP contribution < -0.4 is 0 Å². The Morgan fingerprint density at radius 1 is 1.14 bits per heavy atom. The Labute approximate surface area is 130 Å². The molecule has 0 saturated carbocycles. The first-order chi connectivity index (χ1) is 10.7. The molecular weight excluding hydrogens is 272 g/mol. The van der Waals surface area contributed by atoms with E-state index in [1.54, 1.807) is 6.20 Å². The van der Waals surface area contributed by atoms with E-state index < -0.39 is 0 Å². The second kappa shape index (κ2) is 6.39. The predicted molar refractivity (Wildman–Crippen MR) is 87.9 cm³/mol. The standard InChI is InChI=1S/C19H18N2O/c1-14-7-8-15(9-10-19(22)18-12-20-13-21-18)11-17(14)16-5-3-2-4-6-16/h2-8,11-13H,9-10H2,1H3,(H,20,21). The van der Waals surface area contributed by atoms with Crippen LogP contribution in [0.4, 0.5) is 0 Å². The topological polar surface area (TPSA) is 45.8 Å². The van der Waals surface area contributed by atoms with Crippen molar-refractivity contribution >= 4 is 5.78 Å². The van der Waals surface area contributed by atoms with Crippen LogP contribution >= 0.6 is 0 Å². The average Bonchev–Trinajstić information content (AvgIpc) is 3.09. The van der Waals surface area contributed by atoms with E-state index in [0.29, 0.717) is 12.1 Å². The van der Waals surface area contributed by atoms with Crippen LogP contribution in [0.1, 0.15) is 28.0 Å². The van der Waals surface area contributed by atoms with Crippen LogP contribution in [-0.2, 0) is 6.42 Å². The highest BCUT2D eigenvalue weighted by atomic mass is 16.1. The largest absolute Gasteiger partial charge is 0.342 e. The van der Waals surface area contributed by atoms with Gasteiger partial charge in [0.25, 0.3) is 0 Å². The van der Waals surface area contributed by atoms with Crippen LogP contribution in [0.25, 0.3) is 11.1 Å². The second-order valence-corrected chi connectivity index (χ2v) is 5.40. The van der Waals surface area contributed by atoms with Gasteiger partial charge >= 0.3 is 0 Å². The first-order valence-corrected chi connectivity index (χ1v) is 7.40. The fraction of sp³-hybridized carbons (Fsp3) is 0.158. The first-order valence-electron chi connectivity index (χ1n) is 7.40. The Morgan fingerprint density at radius 2 is 1.95 bits per heavy atom. The van der Waals surface area contributed by atoms with E-state index in [0.717, 1.165) is 6.42 Å². The van der Waals surface area contributed by atoms with Crippen molar-refractivity contribution in [1.82, 2.24) is 9.97 Å². The van der Waals surface area contributed by atoms with E-state index >= 15 is 0 Å². The summed E-state index contributed by atoms with van der Waals surface area (Å²) in [4.78, 5) is 18.8. The van der Waals surface area contributed by atoms with E-state index in [4.69, 9.17) is 0 Å². The molecular formula is C19H18N2O. The number of aromatic amines is 1. The maximum Gasteiger partial charge on any atom is 0.180 e. The summed E-state index contributed by atoms with van der Waals surface area (Å²) in [6.07, 6.45) is 4.33. The number of aromatic nitrogens is 2. The zero-order chi connectivity index (χ0) is 15.4. The smallest absolute Gasteiger partial charge is 0.180 e. The van der Waals surface area contributed by atoms with E-state index in [1.807, 2.05) is 18.2 Å². The van der Waals surface area contributed by atoms with Crippen molar-refractivity contribution in [2.75, 3.05) is 0 Å². The van der Waals surface area contributed by atoms with Crippen LogP contribution in [0.2, 0.25) is 0 Å². The lowest BCUT2D eigenvalue weighted by Crippen LogP contribution is -2.01. The van der Waals surface area contributed by atoms with Crippen LogP contribution in [0.5, 0.6) is 0 Å². The molecule has 3 rings (SSSR count). The predicted octanol–water partition coefficient (Wildman–Crippen LogP) is 4.20. The molecule has 0 fully saturated rings. The zero-order valence-corrected chi connectivity index (χ0v) is 12.5. The Balaban J connectivity index is 1.77. The third-order valence-corrected chi connectivity index (χ3v) is 3.83. The Morgan fingerprint density at radius 3 is 2.68 bits per heavy atom. The zero-order valence-electron chi connectivity index (χ0n) is 12.5. The van der Waals surface area contributed by atoms with Crippen LogP contribution in [-0.4, -0.2) is 15.8 Å². The van der Waals surface area contributed by atoms with Crippen LogP contribution in [0.15, 0.2) is 61.1 Å². The first kappa shape index (κ1) is 14.3. The number of H-pyrrole nitrogens is 1. The van der Waals surface area contributed by atoms with Gasteiger partial charge in [0, 0.05) is 6.42 Å². The number of nitrogens with zero attached hydrogens (tertiary/aromatic N) is 1. The molecule has 110 valence electrons. The van der Waals surface area contributed by atoms with Gasteiger partial charge in [-0.05, 0) is 35.6 Å². The highest BCUT2D eigenvalue weighted by Gasteiger charge is 2.08. The molecule has 3 heteroatoms. The third-order valence-electron chi connectivity index (χ3n) is 3.83. The molecule has 0 aliphatic carbocycles. The summed E-state index contributed by atoms with van der Waals surface area (Å²) in [5.41, 5.74) is 5.44. The molecule has 2 aromatic carbocycles. The molecule has 1 heterocycles. The van der Waals surface area contributed by atoms with Gasteiger partial charge in [0.15, 0.2) is 5.78 Å². The third kappa shape index (κ3) is 3.14. The lowest BCUT2D eigenvalue weighted by Gasteiger charge is -2.09. The fourth-order valence-electron chi connectivity index (χ4n) is 2.55. The molecule has 1 aromatic heterocycles. The summed E-state index contributed by atoms with van der Waals surface area (Å²) < 4.78 is 0. The van der Waals surface area contributed by atoms with Gasteiger partial charge in [-0.2, -0.15) is 0 Å². The molecule has 0 saturated heterocycles. The van der Waals surface area contributed by atoms with Crippen molar-refractivity contribution in [2.45, 2.75) is 19.8 Å². The summed E-state index contributed by atoms with van der Waals surface area (Å²) in [6.45, 7) is 2.11. The normalized spacial score (nSPS) is 10.6. The Kier molecular flexibility index (Phi) is 4.15. The van der Waals surface area contributed by atoms with Gasteiger partial charge in [-0.1, -0.05) is 48.5 Å². The molecule has 3 nitrogen and oxygen atoms in total. The summed E-state index contributed by atoms with van der Waals surface area (Å²) >= 11 is 0. The number of Topliss-reactive ketones (excluding diaryl/α,β-unsaturated/α-hetero) is 1. The summed E-state index contributed by atoms with van der Waals surface area (Å²) in [5, 5.41) is 0. The van der Waals surface area contributed by atoms with Crippen molar-refractivity contribution in [3.05, 3.63) is 77.9 Å². The number of hydrogen-bond donors (Lipinski definition) is 1. The molecule has 1 N–H and O–H groups in total. The van der Waals surface area contributed by atoms with Gasteiger partial charge in [-0.3, -0.25) is 4.79 Å². The number of benzene rings is 2. The highest BCUT2D eigenvalue weighted by Crippen LogP contribution is 2.25. The molecule has 0 spiro atoms. The number of rotatable bonds is 5. The molecule has 0 amide bonds. The van der Waals surface area contributed by atoms with E-state index in [1.165, 1.54) is 28.6 Å². The van der Waals surface area contributed by atoms with Gasteiger partial charge in [-0.15, -0.1) is 0 Å². The van der Waals surface area contributed by atoms with Crippen molar-refractivity contribution in [3.63, 3.8) is 0 Å². The van der Waals surface area contributed by atoms with Crippen molar-refractivity contribution in [3.8, 4) is 11.1 Å². The van der Waals surface area contributed by atoms with E-state index in [-0.39, 0.29) is 5.78 Å². The van der Waals surface area contributed by atoms with Gasteiger partial charge < -0.3 is 4.98 Å². The van der Waals surface area contributed by atoms with Gasteiger partial charge in [0.1, 0.15) is 5.69 Å². The average molecular weight is 290 g/mol. The molecule has 0 radical (unpaired) electrons. The molecule has 0 aliphatic rings. The number of ketones is 1. The molecule has 22 heavy (non-hydrogen) atoms. The number of imidazole rings is 1.